The highest BCUT2D eigenvalue weighted by molar-refractivity contribution is 5.83. The first kappa shape index (κ1) is 19.4. The first-order valence-electron chi connectivity index (χ1n) is 10.4. The zero-order chi connectivity index (χ0) is 20.2. The second-order valence-corrected chi connectivity index (χ2v) is 7.37. The number of aromatic nitrogens is 4. The summed E-state index contributed by atoms with van der Waals surface area (Å²) in [4.78, 5) is 12.5. The van der Waals surface area contributed by atoms with Crippen LogP contribution in [0.3, 0.4) is 0 Å². The molecule has 0 amide bonds. The molecule has 0 bridgehead atoms. The van der Waals surface area contributed by atoms with Crippen molar-refractivity contribution in [2.75, 3.05) is 13.1 Å². The van der Waals surface area contributed by atoms with Crippen molar-refractivity contribution in [3.63, 3.8) is 0 Å². The lowest BCUT2D eigenvalue weighted by atomic mass is 10.1. The van der Waals surface area contributed by atoms with Gasteiger partial charge in [0.25, 0.3) is 0 Å². The van der Waals surface area contributed by atoms with Crippen LogP contribution in [-0.4, -0.2) is 44.8 Å². The molecule has 1 unspecified atom stereocenters. The van der Waals surface area contributed by atoms with E-state index >= 15 is 0 Å². The highest BCUT2D eigenvalue weighted by Crippen LogP contribution is 2.20. The third-order valence-corrected chi connectivity index (χ3v) is 5.28. The van der Waals surface area contributed by atoms with E-state index in [1.54, 1.807) is 12.1 Å². The summed E-state index contributed by atoms with van der Waals surface area (Å²) in [7, 11) is 0. The molecule has 0 radical (unpaired) electrons. The molecule has 0 saturated heterocycles. The Morgan fingerprint density at radius 1 is 1.38 bits per heavy atom. The van der Waals surface area contributed by atoms with Gasteiger partial charge in [-0.05, 0) is 43.5 Å². The summed E-state index contributed by atoms with van der Waals surface area (Å²) in [5.74, 6) is 2.58. The van der Waals surface area contributed by atoms with Crippen LogP contribution in [0.25, 0.3) is 10.9 Å². The molecular formula is C21H28FN7. The molecule has 154 valence electrons. The number of hydrogen-bond acceptors (Lipinski definition) is 3. The molecule has 1 aliphatic rings. The van der Waals surface area contributed by atoms with Gasteiger partial charge >= 0.3 is 0 Å². The van der Waals surface area contributed by atoms with E-state index in [0.717, 1.165) is 72.8 Å². The van der Waals surface area contributed by atoms with E-state index in [9.17, 15) is 4.39 Å². The average Bonchev–Trinajstić information content (AvgIpc) is 3.31. The Labute approximate surface area is 169 Å². The number of rotatable bonds is 6. The van der Waals surface area contributed by atoms with E-state index in [4.69, 9.17) is 4.99 Å². The van der Waals surface area contributed by atoms with Crippen LogP contribution in [0.15, 0.2) is 29.4 Å². The van der Waals surface area contributed by atoms with Crippen molar-refractivity contribution in [3.05, 3.63) is 47.4 Å². The van der Waals surface area contributed by atoms with Gasteiger partial charge in [-0.2, -0.15) is 5.10 Å². The van der Waals surface area contributed by atoms with Crippen LogP contribution in [0.2, 0.25) is 0 Å². The van der Waals surface area contributed by atoms with Gasteiger partial charge in [0.1, 0.15) is 11.6 Å². The van der Waals surface area contributed by atoms with Gasteiger partial charge in [-0.3, -0.25) is 4.99 Å². The smallest absolute Gasteiger partial charge is 0.191 e. The van der Waals surface area contributed by atoms with Crippen molar-refractivity contribution in [2.24, 2.45) is 4.99 Å². The fraction of sp³-hybridized carbons (Fsp3) is 0.476. The maximum atomic E-state index is 13.6. The van der Waals surface area contributed by atoms with Crippen molar-refractivity contribution < 1.29 is 4.39 Å². The van der Waals surface area contributed by atoms with Crippen molar-refractivity contribution in [1.29, 1.82) is 0 Å². The number of nitrogens with one attached hydrogen (secondary N) is 3. The highest BCUT2D eigenvalue weighted by atomic mass is 19.1. The van der Waals surface area contributed by atoms with Gasteiger partial charge < -0.3 is 15.6 Å². The predicted molar refractivity (Wildman–Crippen MR) is 113 cm³/mol. The SMILES string of the molecule is CCNC(=NCCc1c[nH]c2ccc(F)cc12)NC1CCc2nc(CC)nn2C1. The molecule has 1 aliphatic heterocycles. The Morgan fingerprint density at radius 3 is 3.10 bits per heavy atom. The molecule has 0 spiro atoms. The maximum Gasteiger partial charge on any atom is 0.191 e. The number of H-pyrrole nitrogens is 1. The van der Waals surface area contributed by atoms with Crippen LogP contribution >= 0.6 is 0 Å². The van der Waals surface area contributed by atoms with Crippen molar-refractivity contribution in [1.82, 2.24) is 30.4 Å². The molecule has 3 aromatic rings. The highest BCUT2D eigenvalue weighted by Gasteiger charge is 2.22. The lowest BCUT2D eigenvalue weighted by Gasteiger charge is -2.25. The minimum atomic E-state index is -0.215. The van der Waals surface area contributed by atoms with E-state index < -0.39 is 0 Å². The number of nitrogens with zero attached hydrogens (tertiary/aromatic N) is 4. The van der Waals surface area contributed by atoms with Gasteiger partial charge in [-0.15, -0.1) is 0 Å². The van der Waals surface area contributed by atoms with Crippen molar-refractivity contribution in [2.45, 2.75) is 52.1 Å². The molecule has 8 heteroatoms. The Morgan fingerprint density at radius 2 is 2.28 bits per heavy atom. The van der Waals surface area contributed by atoms with Gasteiger partial charge in [-0.25, -0.2) is 14.1 Å². The minimum Gasteiger partial charge on any atom is -0.361 e. The summed E-state index contributed by atoms with van der Waals surface area (Å²) in [5.41, 5.74) is 2.03. The summed E-state index contributed by atoms with van der Waals surface area (Å²) in [6.45, 7) is 6.36. The van der Waals surface area contributed by atoms with Crippen LogP contribution < -0.4 is 10.6 Å². The molecule has 0 aliphatic carbocycles. The van der Waals surface area contributed by atoms with Crippen molar-refractivity contribution in [3.8, 4) is 0 Å². The molecule has 0 fully saturated rings. The molecule has 1 aromatic carbocycles. The fourth-order valence-electron chi connectivity index (χ4n) is 3.79. The topological polar surface area (TPSA) is 82.9 Å². The van der Waals surface area contributed by atoms with Gasteiger partial charge in [-0.1, -0.05) is 6.92 Å². The Hall–Kier alpha value is -2.90. The normalized spacial score (nSPS) is 16.8. The molecule has 0 saturated carbocycles. The number of aromatic amines is 1. The predicted octanol–water partition coefficient (Wildman–Crippen LogP) is 2.57. The maximum absolute atomic E-state index is 13.6. The fourth-order valence-corrected chi connectivity index (χ4v) is 3.79. The van der Waals surface area contributed by atoms with Crippen molar-refractivity contribution >= 4 is 16.9 Å². The zero-order valence-corrected chi connectivity index (χ0v) is 17.0. The lowest BCUT2D eigenvalue weighted by Crippen LogP contribution is -2.47. The number of aryl methyl sites for hydroxylation is 2. The summed E-state index contributed by atoms with van der Waals surface area (Å²) < 4.78 is 15.6. The van der Waals surface area contributed by atoms with Gasteiger partial charge in [0, 0.05) is 49.1 Å². The second kappa shape index (κ2) is 8.63. The summed E-state index contributed by atoms with van der Waals surface area (Å²) >= 11 is 0. The van der Waals surface area contributed by atoms with Gasteiger partial charge in [0.2, 0.25) is 0 Å². The Bertz CT molecular complexity index is 1000. The number of halogens is 1. The first-order chi connectivity index (χ1) is 14.2. The lowest BCUT2D eigenvalue weighted by molar-refractivity contribution is 0.392. The summed E-state index contributed by atoms with van der Waals surface area (Å²) in [5, 5.41) is 12.4. The van der Waals surface area contributed by atoms with Crippen LogP contribution in [0.1, 0.15) is 37.5 Å². The van der Waals surface area contributed by atoms with Gasteiger partial charge in [0.15, 0.2) is 11.8 Å². The molecule has 2 aromatic heterocycles. The van der Waals surface area contributed by atoms with Crippen LogP contribution in [0, 0.1) is 5.82 Å². The van der Waals surface area contributed by atoms with E-state index in [-0.39, 0.29) is 11.9 Å². The molecule has 1 atom stereocenters. The zero-order valence-electron chi connectivity index (χ0n) is 17.0. The number of hydrogen-bond donors (Lipinski definition) is 3. The molecule has 7 nitrogen and oxygen atoms in total. The quantitative estimate of drug-likeness (QED) is 0.441. The summed E-state index contributed by atoms with van der Waals surface area (Å²) in [6, 6.07) is 5.10. The van der Waals surface area contributed by atoms with Gasteiger partial charge in [0.05, 0.1) is 6.54 Å². The molecule has 3 heterocycles. The third-order valence-electron chi connectivity index (χ3n) is 5.28. The minimum absolute atomic E-state index is 0.215. The van der Waals surface area contributed by atoms with E-state index in [2.05, 4.69) is 39.5 Å². The number of guanidine groups is 1. The van der Waals surface area contributed by atoms with E-state index in [0.29, 0.717) is 6.54 Å². The molecule has 29 heavy (non-hydrogen) atoms. The second-order valence-electron chi connectivity index (χ2n) is 7.37. The van der Waals surface area contributed by atoms with Crippen LogP contribution in [0.5, 0.6) is 0 Å². The number of aliphatic imine (C=N–C) groups is 1. The first-order valence-corrected chi connectivity index (χ1v) is 10.4. The Balaban J connectivity index is 1.39. The molecule has 3 N–H and O–H groups in total. The average molecular weight is 398 g/mol. The number of fused-ring (bicyclic) bond motifs is 2. The molecular weight excluding hydrogens is 369 g/mol. The van der Waals surface area contributed by atoms with Crippen LogP contribution in [0.4, 0.5) is 4.39 Å². The largest absolute Gasteiger partial charge is 0.361 e. The van der Waals surface area contributed by atoms with Crippen LogP contribution in [-0.2, 0) is 25.8 Å². The monoisotopic (exact) mass is 397 g/mol. The summed E-state index contributed by atoms with van der Waals surface area (Å²) in [6.07, 6.45) is 5.48. The standard InChI is InChI=1S/C21H28FN7/c1-3-19-27-20-8-6-16(13-29(20)28-19)26-21(23-4-2)24-10-9-14-12-25-18-7-5-15(22)11-17(14)18/h5,7,11-12,16,25H,3-4,6,8-10,13H2,1-2H3,(H2,23,24,26). The van der Waals surface area contributed by atoms with E-state index in [1.807, 2.05) is 10.9 Å². The number of benzene rings is 1. The molecule has 4 rings (SSSR count). The Kier molecular flexibility index (Phi) is 5.78. The van der Waals surface area contributed by atoms with E-state index in [1.165, 1.54) is 6.07 Å². The third kappa shape index (κ3) is 4.41.